The molecular formula is C21H25ClN4O2. The molecule has 0 atom stereocenters. The fraction of sp³-hybridized carbons (Fsp3) is 0.381. The second-order valence-electron chi connectivity index (χ2n) is 7.90. The van der Waals surface area contributed by atoms with E-state index in [0.717, 1.165) is 5.82 Å². The Morgan fingerprint density at radius 2 is 1.64 bits per heavy atom. The third-order valence-corrected chi connectivity index (χ3v) is 4.92. The normalized spacial score (nSPS) is 14.7. The van der Waals surface area contributed by atoms with Crippen LogP contribution in [-0.4, -0.2) is 47.9 Å². The van der Waals surface area contributed by atoms with E-state index in [4.69, 9.17) is 11.6 Å². The van der Waals surface area contributed by atoms with Crippen LogP contribution < -0.4 is 10.2 Å². The number of carbonyl (C=O) groups is 2. The molecule has 1 saturated heterocycles. The van der Waals surface area contributed by atoms with Crippen LogP contribution in [0.1, 0.15) is 31.1 Å². The molecule has 1 fully saturated rings. The van der Waals surface area contributed by atoms with Crippen LogP contribution in [0.5, 0.6) is 0 Å². The van der Waals surface area contributed by atoms with Crippen molar-refractivity contribution in [2.45, 2.75) is 20.8 Å². The maximum absolute atomic E-state index is 12.6. The summed E-state index contributed by atoms with van der Waals surface area (Å²) >= 11 is 5.89. The Morgan fingerprint density at radius 3 is 2.18 bits per heavy atom. The Hall–Kier alpha value is -2.60. The first-order valence-electron chi connectivity index (χ1n) is 9.31. The number of nitrogens with zero attached hydrogens (tertiary/aromatic N) is 3. The number of hydrogen-bond donors (Lipinski definition) is 1. The third-order valence-electron chi connectivity index (χ3n) is 4.67. The quantitative estimate of drug-likeness (QED) is 0.853. The molecule has 3 rings (SSSR count). The molecule has 1 N–H and O–H groups in total. The van der Waals surface area contributed by atoms with Gasteiger partial charge in [-0.1, -0.05) is 32.4 Å². The molecule has 2 aromatic rings. The largest absolute Gasteiger partial charge is 0.353 e. The SMILES string of the molecule is CC(C)(C)C(=O)Nc1ccc(N2CCN(C(=O)c3ccc(Cl)cc3)CC2)nc1. The molecule has 0 saturated carbocycles. The fourth-order valence-electron chi connectivity index (χ4n) is 2.88. The minimum absolute atomic E-state index is 0.0181. The van der Waals surface area contributed by atoms with E-state index in [1.807, 2.05) is 37.8 Å². The highest BCUT2D eigenvalue weighted by molar-refractivity contribution is 6.30. The summed E-state index contributed by atoms with van der Waals surface area (Å²) in [6, 6.07) is 10.7. The van der Waals surface area contributed by atoms with Crippen LogP contribution in [0, 0.1) is 5.41 Å². The molecule has 0 radical (unpaired) electrons. The van der Waals surface area contributed by atoms with E-state index in [0.29, 0.717) is 42.5 Å². The van der Waals surface area contributed by atoms with Crippen molar-refractivity contribution in [2.75, 3.05) is 36.4 Å². The van der Waals surface area contributed by atoms with Gasteiger partial charge in [0.25, 0.3) is 5.91 Å². The van der Waals surface area contributed by atoms with Gasteiger partial charge in [0, 0.05) is 42.2 Å². The number of carbonyl (C=O) groups excluding carboxylic acids is 2. The van der Waals surface area contributed by atoms with Gasteiger partial charge in [0.15, 0.2) is 0 Å². The monoisotopic (exact) mass is 400 g/mol. The third kappa shape index (κ3) is 4.81. The van der Waals surface area contributed by atoms with Crippen molar-refractivity contribution in [3.8, 4) is 0 Å². The maximum Gasteiger partial charge on any atom is 0.253 e. The molecule has 148 valence electrons. The average Bonchev–Trinajstić information content (AvgIpc) is 2.68. The van der Waals surface area contributed by atoms with Crippen LogP contribution in [0.25, 0.3) is 0 Å². The first-order chi connectivity index (χ1) is 13.2. The first-order valence-corrected chi connectivity index (χ1v) is 9.69. The van der Waals surface area contributed by atoms with E-state index in [9.17, 15) is 9.59 Å². The minimum atomic E-state index is -0.453. The van der Waals surface area contributed by atoms with Gasteiger partial charge in [0.2, 0.25) is 5.91 Å². The van der Waals surface area contributed by atoms with Crippen molar-refractivity contribution in [3.63, 3.8) is 0 Å². The molecule has 1 aromatic carbocycles. The predicted molar refractivity (Wildman–Crippen MR) is 112 cm³/mol. The second kappa shape index (κ2) is 8.19. The number of benzene rings is 1. The molecule has 1 aliphatic rings. The first kappa shape index (κ1) is 20.1. The van der Waals surface area contributed by atoms with Crippen LogP contribution in [0.4, 0.5) is 11.5 Å². The summed E-state index contributed by atoms with van der Waals surface area (Å²) in [4.78, 5) is 33.1. The van der Waals surface area contributed by atoms with Crippen molar-refractivity contribution >= 4 is 34.9 Å². The molecule has 0 spiro atoms. The summed E-state index contributed by atoms with van der Waals surface area (Å²) in [5.74, 6) is 0.813. The summed E-state index contributed by atoms with van der Waals surface area (Å²) < 4.78 is 0. The van der Waals surface area contributed by atoms with Gasteiger partial charge in [0.05, 0.1) is 11.9 Å². The summed E-state index contributed by atoms with van der Waals surface area (Å²) in [5.41, 5.74) is 0.876. The summed E-state index contributed by atoms with van der Waals surface area (Å²) in [7, 11) is 0. The Bertz CT molecular complexity index is 836. The maximum atomic E-state index is 12.6. The number of aromatic nitrogens is 1. The number of amides is 2. The topological polar surface area (TPSA) is 65.5 Å². The predicted octanol–water partition coefficient (Wildman–Crippen LogP) is 3.68. The standard InChI is InChI=1S/C21H25ClN4O2/c1-21(2,3)20(28)24-17-8-9-18(23-14-17)25-10-12-26(13-11-25)19(27)15-4-6-16(22)7-5-15/h4-9,14H,10-13H2,1-3H3,(H,24,28). The molecule has 28 heavy (non-hydrogen) atoms. The van der Waals surface area contributed by atoms with E-state index in [2.05, 4.69) is 15.2 Å². The van der Waals surface area contributed by atoms with Crippen molar-refractivity contribution < 1.29 is 9.59 Å². The molecule has 2 amide bonds. The van der Waals surface area contributed by atoms with Crippen LogP contribution in [0.3, 0.4) is 0 Å². The Morgan fingerprint density at radius 1 is 1.00 bits per heavy atom. The average molecular weight is 401 g/mol. The highest BCUT2D eigenvalue weighted by Crippen LogP contribution is 2.20. The fourth-order valence-corrected chi connectivity index (χ4v) is 3.01. The number of piperazine rings is 1. The van der Waals surface area contributed by atoms with Crippen LogP contribution in [-0.2, 0) is 4.79 Å². The van der Waals surface area contributed by atoms with Gasteiger partial charge in [-0.25, -0.2) is 4.98 Å². The zero-order valence-corrected chi connectivity index (χ0v) is 17.2. The highest BCUT2D eigenvalue weighted by atomic mass is 35.5. The van der Waals surface area contributed by atoms with Gasteiger partial charge in [-0.05, 0) is 36.4 Å². The minimum Gasteiger partial charge on any atom is -0.353 e. The van der Waals surface area contributed by atoms with Gasteiger partial charge in [0.1, 0.15) is 5.82 Å². The molecule has 0 unspecified atom stereocenters. The van der Waals surface area contributed by atoms with E-state index < -0.39 is 5.41 Å². The van der Waals surface area contributed by atoms with Crippen molar-refractivity contribution in [2.24, 2.45) is 5.41 Å². The zero-order valence-electron chi connectivity index (χ0n) is 16.4. The van der Waals surface area contributed by atoms with Crippen LogP contribution in [0.2, 0.25) is 5.02 Å². The molecular weight excluding hydrogens is 376 g/mol. The van der Waals surface area contributed by atoms with E-state index in [1.165, 1.54) is 0 Å². The highest BCUT2D eigenvalue weighted by Gasteiger charge is 2.24. The van der Waals surface area contributed by atoms with E-state index in [1.54, 1.807) is 30.5 Å². The number of halogens is 1. The zero-order chi connectivity index (χ0) is 20.3. The molecule has 1 aliphatic heterocycles. The second-order valence-corrected chi connectivity index (χ2v) is 8.33. The lowest BCUT2D eigenvalue weighted by Crippen LogP contribution is -2.49. The number of pyridine rings is 1. The lowest BCUT2D eigenvalue weighted by molar-refractivity contribution is -0.123. The summed E-state index contributed by atoms with van der Waals surface area (Å²) in [6.07, 6.45) is 1.67. The molecule has 0 aliphatic carbocycles. The molecule has 0 bridgehead atoms. The Balaban J connectivity index is 1.56. The molecule has 6 nitrogen and oxygen atoms in total. The lowest BCUT2D eigenvalue weighted by atomic mass is 9.96. The van der Waals surface area contributed by atoms with Crippen molar-refractivity contribution in [1.29, 1.82) is 0 Å². The smallest absolute Gasteiger partial charge is 0.253 e. The summed E-state index contributed by atoms with van der Waals surface area (Å²) in [6.45, 7) is 8.29. The van der Waals surface area contributed by atoms with Gasteiger partial charge in [-0.15, -0.1) is 0 Å². The molecule has 1 aromatic heterocycles. The Labute approximate surface area is 170 Å². The van der Waals surface area contributed by atoms with Gasteiger partial charge in [-0.3, -0.25) is 9.59 Å². The lowest BCUT2D eigenvalue weighted by Gasteiger charge is -2.35. The number of rotatable bonds is 3. The Kier molecular flexibility index (Phi) is 5.89. The molecule has 2 heterocycles. The van der Waals surface area contributed by atoms with Crippen molar-refractivity contribution in [3.05, 3.63) is 53.2 Å². The van der Waals surface area contributed by atoms with Gasteiger partial charge >= 0.3 is 0 Å². The van der Waals surface area contributed by atoms with Gasteiger partial charge < -0.3 is 15.1 Å². The number of nitrogens with one attached hydrogen (secondary N) is 1. The van der Waals surface area contributed by atoms with E-state index >= 15 is 0 Å². The van der Waals surface area contributed by atoms with Crippen LogP contribution >= 0.6 is 11.6 Å². The van der Waals surface area contributed by atoms with Gasteiger partial charge in [-0.2, -0.15) is 0 Å². The van der Waals surface area contributed by atoms with Crippen molar-refractivity contribution in [1.82, 2.24) is 9.88 Å². The van der Waals surface area contributed by atoms with E-state index in [-0.39, 0.29) is 11.8 Å². The summed E-state index contributed by atoms with van der Waals surface area (Å²) in [5, 5.41) is 3.49. The van der Waals surface area contributed by atoms with Crippen LogP contribution in [0.15, 0.2) is 42.6 Å². The number of anilines is 2. The molecule has 7 heteroatoms. The number of hydrogen-bond acceptors (Lipinski definition) is 4.